The number of nitrogen functional groups attached to an aromatic ring is 1. The lowest BCUT2D eigenvalue weighted by atomic mass is 9.96. The van der Waals surface area contributed by atoms with Crippen LogP contribution in [0.15, 0.2) is 16.6 Å². The highest BCUT2D eigenvalue weighted by Gasteiger charge is 2.37. The van der Waals surface area contributed by atoms with E-state index in [0.717, 1.165) is 6.42 Å². The number of anilines is 1. The molecule has 110 valence electrons. The van der Waals surface area contributed by atoms with Gasteiger partial charge in [-0.05, 0) is 18.3 Å². The Morgan fingerprint density at radius 3 is 2.90 bits per heavy atom. The fourth-order valence-corrected chi connectivity index (χ4v) is 5.14. The molecule has 3 heterocycles. The van der Waals surface area contributed by atoms with Crippen LogP contribution in [0.3, 0.4) is 0 Å². The summed E-state index contributed by atoms with van der Waals surface area (Å²) in [7, 11) is -3.57. The number of sulfonamides is 1. The predicted octanol–water partition coefficient (Wildman–Crippen LogP) is 1.64. The molecule has 3 rings (SSSR count). The van der Waals surface area contributed by atoms with Gasteiger partial charge in [0.15, 0.2) is 15.8 Å². The first-order valence-electron chi connectivity index (χ1n) is 6.62. The Hall–Kier alpha value is -1.12. The molecule has 1 unspecified atom stereocenters. The highest BCUT2D eigenvalue weighted by atomic mass is 32.2. The predicted molar refractivity (Wildman–Crippen MR) is 79.2 cm³/mol. The van der Waals surface area contributed by atoms with Crippen LogP contribution in [-0.2, 0) is 10.0 Å². The van der Waals surface area contributed by atoms with Crippen molar-refractivity contribution in [3.8, 4) is 0 Å². The summed E-state index contributed by atoms with van der Waals surface area (Å²) in [6.07, 6.45) is 2.61. The SMILES string of the molecule is CC(C)C1CCN(S(=O)(=O)c2c(N)nc3sccn23)C1. The van der Waals surface area contributed by atoms with Gasteiger partial charge in [-0.2, -0.15) is 4.31 Å². The average molecular weight is 314 g/mol. The quantitative estimate of drug-likeness (QED) is 0.934. The number of thiazole rings is 1. The molecule has 2 aromatic heterocycles. The second kappa shape index (κ2) is 4.71. The summed E-state index contributed by atoms with van der Waals surface area (Å²) >= 11 is 1.38. The fourth-order valence-electron chi connectivity index (χ4n) is 2.68. The highest BCUT2D eigenvalue weighted by Crippen LogP contribution is 2.31. The third-order valence-electron chi connectivity index (χ3n) is 3.96. The van der Waals surface area contributed by atoms with Crippen molar-refractivity contribution in [2.24, 2.45) is 11.8 Å². The zero-order valence-electron chi connectivity index (χ0n) is 11.5. The summed E-state index contributed by atoms with van der Waals surface area (Å²) in [4.78, 5) is 4.73. The molecule has 2 N–H and O–H groups in total. The fraction of sp³-hybridized carbons (Fsp3) is 0.583. The minimum atomic E-state index is -3.57. The summed E-state index contributed by atoms with van der Waals surface area (Å²) in [5.74, 6) is 0.987. The van der Waals surface area contributed by atoms with E-state index >= 15 is 0 Å². The molecule has 0 spiro atoms. The topological polar surface area (TPSA) is 80.7 Å². The van der Waals surface area contributed by atoms with E-state index in [9.17, 15) is 8.42 Å². The zero-order valence-corrected chi connectivity index (χ0v) is 13.1. The van der Waals surface area contributed by atoms with Gasteiger partial charge in [0.25, 0.3) is 10.0 Å². The van der Waals surface area contributed by atoms with Crippen molar-refractivity contribution in [1.29, 1.82) is 0 Å². The Morgan fingerprint density at radius 1 is 1.50 bits per heavy atom. The summed E-state index contributed by atoms with van der Waals surface area (Å²) in [5.41, 5.74) is 5.81. The van der Waals surface area contributed by atoms with Crippen molar-refractivity contribution in [1.82, 2.24) is 13.7 Å². The van der Waals surface area contributed by atoms with Crippen molar-refractivity contribution in [3.63, 3.8) is 0 Å². The van der Waals surface area contributed by atoms with E-state index in [1.165, 1.54) is 15.6 Å². The number of imidazole rings is 1. The van der Waals surface area contributed by atoms with Crippen molar-refractivity contribution in [2.45, 2.75) is 25.3 Å². The number of nitrogens with zero attached hydrogens (tertiary/aromatic N) is 3. The Labute approximate surface area is 122 Å². The number of hydrogen-bond acceptors (Lipinski definition) is 5. The third kappa shape index (κ3) is 2.02. The molecule has 0 amide bonds. The van der Waals surface area contributed by atoms with Crippen LogP contribution in [0.1, 0.15) is 20.3 Å². The average Bonchev–Trinajstić information content (AvgIpc) is 3.00. The summed E-state index contributed by atoms with van der Waals surface area (Å²) < 4.78 is 28.7. The molecule has 1 saturated heterocycles. The number of rotatable bonds is 3. The van der Waals surface area contributed by atoms with Crippen molar-refractivity contribution < 1.29 is 8.42 Å². The van der Waals surface area contributed by atoms with E-state index in [4.69, 9.17) is 5.73 Å². The minimum absolute atomic E-state index is 0.0878. The van der Waals surface area contributed by atoms with Gasteiger partial charge in [0.05, 0.1) is 0 Å². The molecule has 1 aliphatic heterocycles. The Morgan fingerprint density at radius 2 is 2.25 bits per heavy atom. The first kappa shape index (κ1) is 13.8. The van der Waals surface area contributed by atoms with Gasteiger partial charge in [-0.1, -0.05) is 13.8 Å². The molecular weight excluding hydrogens is 296 g/mol. The van der Waals surface area contributed by atoms with Crippen LogP contribution >= 0.6 is 11.3 Å². The van der Waals surface area contributed by atoms with E-state index in [2.05, 4.69) is 18.8 Å². The molecule has 1 aliphatic rings. The number of hydrogen-bond donors (Lipinski definition) is 1. The van der Waals surface area contributed by atoms with E-state index in [0.29, 0.717) is 29.9 Å². The standard InChI is InChI=1S/C12H18N4O2S2/c1-8(2)9-3-4-15(7-9)20(17,18)11-10(13)14-12-16(11)5-6-19-12/h5-6,8-9H,3-4,7,13H2,1-2H3. The van der Waals surface area contributed by atoms with Crippen LogP contribution in [0.4, 0.5) is 5.82 Å². The smallest absolute Gasteiger partial charge is 0.262 e. The molecular formula is C12H18N4O2S2. The maximum absolute atomic E-state index is 12.8. The van der Waals surface area contributed by atoms with E-state index in [1.54, 1.807) is 10.6 Å². The van der Waals surface area contributed by atoms with Gasteiger partial charge in [-0.15, -0.1) is 11.3 Å². The van der Waals surface area contributed by atoms with Gasteiger partial charge in [-0.25, -0.2) is 13.4 Å². The maximum Gasteiger partial charge on any atom is 0.262 e. The first-order valence-corrected chi connectivity index (χ1v) is 8.94. The first-order chi connectivity index (χ1) is 9.41. The summed E-state index contributed by atoms with van der Waals surface area (Å²) in [6.45, 7) is 5.38. The van der Waals surface area contributed by atoms with Crippen LogP contribution in [0, 0.1) is 11.8 Å². The van der Waals surface area contributed by atoms with Gasteiger partial charge < -0.3 is 5.73 Å². The van der Waals surface area contributed by atoms with E-state index in [1.807, 2.05) is 5.38 Å². The molecule has 0 radical (unpaired) electrons. The minimum Gasteiger partial charge on any atom is -0.381 e. The molecule has 0 aromatic carbocycles. The van der Waals surface area contributed by atoms with Crippen LogP contribution in [0.5, 0.6) is 0 Å². The van der Waals surface area contributed by atoms with Gasteiger partial charge >= 0.3 is 0 Å². The second-order valence-electron chi connectivity index (χ2n) is 5.51. The zero-order chi connectivity index (χ0) is 14.5. The second-order valence-corrected chi connectivity index (χ2v) is 8.24. The molecule has 6 nitrogen and oxygen atoms in total. The van der Waals surface area contributed by atoms with Crippen LogP contribution < -0.4 is 5.73 Å². The largest absolute Gasteiger partial charge is 0.381 e. The van der Waals surface area contributed by atoms with E-state index < -0.39 is 10.0 Å². The molecule has 2 aromatic rings. The lowest BCUT2D eigenvalue weighted by molar-refractivity contribution is 0.388. The van der Waals surface area contributed by atoms with Gasteiger partial charge in [0, 0.05) is 24.7 Å². The Bertz CT molecular complexity index is 732. The third-order valence-corrected chi connectivity index (χ3v) is 6.62. The summed E-state index contributed by atoms with van der Waals surface area (Å²) in [6, 6.07) is 0. The van der Waals surface area contributed by atoms with E-state index in [-0.39, 0.29) is 10.8 Å². The molecule has 0 saturated carbocycles. The number of fused-ring (bicyclic) bond motifs is 1. The molecule has 0 bridgehead atoms. The maximum atomic E-state index is 12.8. The molecule has 8 heteroatoms. The lowest BCUT2D eigenvalue weighted by Gasteiger charge is -2.17. The molecule has 0 aliphatic carbocycles. The van der Waals surface area contributed by atoms with Crippen LogP contribution in [-0.4, -0.2) is 35.2 Å². The number of aromatic nitrogens is 2. The van der Waals surface area contributed by atoms with Crippen LogP contribution in [0.25, 0.3) is 4.96 Å². The molecule has 1 atom stereocenters. The molecule has 1 fully saturated rings. The normalized spacial score (nSPS) is 21.2. The van der Waals surface area contributed by atoms with Gasteiger partial charge in [0.1, 0.15) is 0 Å². The Kier molecular flexibility index (Phi) is 3.26. The highest BCUT2D eigenvalue weighted by molar-refractivity contribution is 7.89. The monoisotopic (exact) mass is 314 g/mol. The Balaban J connectivity index is 2.00. The van der Waals surface area contributed by atoms with Crippen molar-refractivity contribution >= 4 is 32.1 Å². The molecule has 20 heavy (non-hydrogen) atoms. The van der Waals surface area contributed by atoms with Crippen LogP contribution in [0.2, 0.25) is 0 Å². The number of nitrogens with two attached hydrogens (primary N) is 1. The van der Waals surface area contributed by atoms with Gasteiger partial charge in [0.2, 0.25) is 0 Å². The van der Waals surface area contributed by atoms with Crippen molar-refractivity contribution in [3.05, 3.63) is 11.6 Å². The lowest BCUT2D eigenvalue weighted by Crippen LogP contribution is -2.30. The summed E-state index contributed by atoms with van der Waals surface area (Å²) in [5, 5.41) is 1.92. The van der Waals surface area contributed by atoms with Gasteiger partial charge in [-0.3, -0.25) is 4.40 Å². The van der Waals surface area contributed by atoms with Crippen molar-refractivity contribution in [2.75, 3.05) is 18.8 Å².